The molecule has 0 aliphatic heterocycles. The number of ketones is 1. The van der Waals surface area contributed by atoms with E-state index in [0.717, 1.165) is 5.56 Å². The average molecular weight is 216 g/mol. The van der Waals surface area contributed by atoms with Gasteiger partial charge in [-0.2, -0.15) is 0 Å². The lowest BCUT2D eigenvalue weighted by molar-refractivity contribution is 0.0916. The van der Waals surface area contributed by atoms with Crippen LogP contribution in [0, 0.1) is 11.8 Å². The number of carbonyl (C=O) groups excluding carboxylic acids is 1. The lowest BCUT2D eigenvalue weighted by Gasteiger charge is -2.10. The Morgan fingerprint density at radius 1 is 1.12 bits per heavy atom. The van der Waals surface area contributed by atoms with Crippen molar-refractivity contribution in [3.05, 3.63) is 35.4 Å². The molecule has 0 saturated heterocycles. The maximum Gasteiger partial charge on any atom is 0.165 e. The SMILES string of the molecule is CC(C)c1ccc(C(=O)C(C)C2CC2)cc1. The van der Waals surface area contributed by atoms with Crippen LogP contribution in [0.15, 0.2) is 24.3 Å². The zero-order valence-corrected chi connectivity index (χ0v) is 10.4. The van der Waals surface area contributed by atoms with Gasteiger partial charge in [-0.1, -0.05) is 45.0 Å². The van der Waals surface area contributed by atoms with Gasteiger partial charge in [-0.3, -0.25) is 4.79 Å². The first-order valence-corrected chi connectivity index (χ1v) is 6.23. The molecule has 1 fully saturated rings. The molecule has 1 heteroatoms. The maximum atomic E-state index is 12.1. The van der Waals surface area contributed by atoms with Crippen molar-refractivity contribution in [3.8, 4) is 0 Å². The van der Waals surface area contributed by atoms with Crippen LogP contribution in [0.1, 0.15) is 55.5 Å². The first-order valence-electron chi connectivity index (χ1n) is 6.23. The molecule has 1 aliphatic rings. The van der Waals surface area contributed by atoms with Gasteiger partial charge in [0.05, 0.1) is 0 Å². The molecule has 1 aromatic carbocycles. The zero-order chi connectivity index (χ0) is 11.7. The number of carbonyl (C=O) groups is 1. The fraction of sp³-hybridized carbons (Fsp3) is 0.533. The summed E-state index contributed by atoms with van der Waals surface area (Å²) < 4.78 is 0. The largest absolute Gasteiger partial charge is 0.294 e. The van der Waals surface area contributed by atoms with E-state index in [-0.39, 0.29) is 5.92 Å². The summed E-state index contributed by atoms with van der Waals surface area (Å²) in [5.41, 5.74) is 2.18. The molecular formula is C15H20O. The summed E-state index contributed by atoms with van der Waals surface area (Å²) in [4.78, 5) is 12.1. The van der Waals surface area contributed by atoms with E-state index in [2.05, 4.69) is 32.9 Å². The minimum atomic E-state index is 0.213. The topological polar surface area (TPSA) is 17.1 Å². The molecule has 0 radical (unpaired) electrons. The Kier molecular flexibility index (Phi) is 3.13. The highest BCUT2D eigenvalue weighted by atomic mass is 16.1. The van der Waals surface area contributed by atoms with Gasteiger partial charge in [-0.05, 0) is 30.2 Å². The second-order valence-electron chi connectivity index (χ2n) is 5.27. The van der Waals surface area contributed by atoms with Gasteiger partial charge in [0.2, 0.25) is 0 Å². The van der Waals surface area contributed by atoms with Gasteiger partial charge in [-0.15, -0.1) is 0 Å². The van der Waals surface area contributed by atoms with Crippen molar-refractivity contribution in [2.45, 2.75) is 39.5 Å². The summed E-state index contributed by atoms with van der Waals surface area (Å²) in [6, 6.07) is 8.13. The molecule has 86 valence electrons. The molecule has 1 atom stereocenters. The van der Waals surface area contributed by atoms with Crippen molar-refractivity contribution in [3.63, 3.8) is 0 Å². The van der Waals surface area contributed by atoms with Crippen molar-refractivity contribution < 1.29 is 4.79 Å². The van der Waals surface area contributed by atoms with Crippen molar-refractivity contribution in [2.75, 3.05) is 0 Å². The zero-order valence-electron chi connectivity index (χ0n) is 10.4. The van der Waals surface area contributed by atoms with Crippen LogP contribution in [0.4, 0.5) is 0 Å². The van der Waals surface area contributed by atoms with Crippen molar-refractivity contribution in [1.29, 1.82) is 0 Å². The second kappa shape index (κ2) is 4.40. The summed E-state index contributed by atoms with van der Waals surface area (Å²) in [5, 5.41) is 0. The highest BCUT2D eigenvalue weighted by Crippen LogP contribution is 2.38. The lowest BCUT2D eigenvalue weighted by Crippen LogP contribution is -2.13. The third-order valence-corrected chi connectivity index (χ3v) is 3.60. The molecular weight excluding hydrogens is 196 g/mol. The summed E-state index contributed by atoms with van der Waals surface area (Å²) in [6.45, 7) is 6.41. The molecule has 1 saturated carbocycles. The van der Waals surface area contributed by atoms with Crippen LogP contribution in [0.2, 0.25) is 0 Å². The molecule has 16 heavy (non-hydrogen) atoms. The smallest absolute Gasteiger partial charge is 0.165 e. The molecule has 1 aliphatic carbocycles. The van der Waals surface area contributed by atoms with E-state index in [0.29, 0.717) is 17.6 Å². The fourth-order valence-electron chi connectivity index (χ4n) is 2.11. The van der Waals surface area contributed by atoms with Gasteiger partial charge < -0.3 is 0 Å². The van der Waals surface area contributed by atoms with Gasteiger partial charge >= 0.3 is 0 Å². The van der Waals surface area contributed by atoms with E-state index in [1.165, 1.54) is 18.4 Å². The number of hydrogen-bond donors (Lipinski definition) is 0. The minimum Gasteiger partial charge on any atom is -0.294 e. The van der Waals surface area contributed by atoms with Gasteiger partial charge in [0, 0.05) is 11.5 Å². The molecule has 0 amide bonds. The van der Waals surface area contributed by atoms with Crippen LogP contribution in [0.5, 0.6) is 0 Å². The monoisotopic (exact) mass is 216 g/mol. The Balaban J connectivity index is 2.11. The van der Waals surface area contributed by atoms with E-state index in [4.69, 9.17) is 0 Å². The quantitative estimate of drug-likeness (QED) is 0.694. The number of Topliss-reactive ketones (excluding diaryl/α,β-unsaturated/α-hetero) is 1. The van der Waals surface area contributed by atoms with E-state index < -0.39 is 0 Å². The van der Waals surface area contributed by atoms with Gasteiger partial charge in [0.25, 0.3) is 0 Å². The first kappa shape index (κ1) is 11.4. The fourth-order valence-corrected chi connectivity index (χ4v) is 2.11. The highest BCUT2D eigenvalue weighted by molar-refractivity contribution is 5.98. The Hall–Kier alpha value is -1.11. The Morgan fingerprint density at radius 2 is 1.69 bits per heavy atom. The van der Waals surface area contributed by atoms with E-state index in [1.807, 2.05) is 12.1 Å². The molecule has 0 aromatic heterocycles. The molecule has 0 spiro atoms. The molecule has 2 rings (SSSR count). The maximum absolute atomic E-state index is 12.1. The van der Waals surface area contributed by atoms with Crippen LogP contribution in [-0.4, -0.2) is 5.78 Å². The minimum absolute atomic E-state index is 0.213. The predicted molar refractivity (Wildman–Crippen MR) is 66.7 cm³/mol. The average Bonchev–Trinajstić information content (AvgIpc) is 3.11. The molecule has 0 bridgehead atoms. The number of rotatable bonds is 4. The third kappa shape index (κ3) is 2.34. The van der Waals surface area contributed by atoms with Crippen molar-refractivity contribution >= 4 is 5.78 Å². The molecule has 0 N–H and O–H groups in total. The van der Waals surface area contributed by atoms with Gasteiger partial charge in [0.1, 0.15) is 0 Å². The predicted octanol–water partition coefficient (Wildman–Crippen LogP) is 4.04. The van der Waals surface area contributed by atoms with Gasteiger partial charge in [0.15, 0.2) is 5.78 Å². The molecule has 1 aromatic rings. The van der Waals surface area contributed by atoms with Crippen LogP contribution >= 0.6 is 0 Å². The molecule has 0 heterocycles. The Bertz CT molecular complexity index is 371. The Morgan fingerprint density at radius 3 is 2.12 bits per heavy atom. The van der Waals surface area contributed by atoms with Crippen molar-refractivity contribution in [2.24, 2.45) is 11.8 Å². The molecule has 1 nitrogen and oxygen atoms in total. The third-order valence-electron chi connectivity index (χ3n) is 3.60. The summed E-state index contributed by atoms with van der Waals surface area (Å²) in [6.07, 6.45) is 2.47. The van der Waals surface area contributed by atoms with E-state index in [9.17, 15) is 4.79 Å². The van der Waals surface area contributed by atoms with Crippen LogP contribution in [-0.2, 0) is 0 Å². The number of hydrogen-bond acceptors (Lipinski definition) is 1. The van der Waals surface area contributed by atoms with Crippen molar-refractivity contribution in [1.82, 2.24) is 0 Å². The first-order chi connectivity index (χ1) is 7.59. The Labute approximate surface area is 97.9 Å². The standard InChI is InChI=1S/C15H20O/c1-10(2)12-4-8-14(9-5-12)15(16)11(3)13-6-7-13/h4-5,8-11,13H,6-7H2,1-3H3. The van der Waals surface area contributed by atoms with Gasteiger partial charge in [-0.25, -0.2) is 0 Å². The van der Waals surface area contributed by atoms with E-state index >= 15 is 0 Å². The summed E-state index contributed by atoms with van der Waals surface area (Å²) in [7, 11) is 0. The highest BCUT2D eigenvalue weighted by Gasteiger charge is 2.32. The van der Waals surface area contributed by atoms with E-state index in [1.54, 1.807) is 0 Å². The van der Waals surface area contributed by atoms with Crippen LogP contribution in [0.25, 0.3) is 0 Å². The second-order valence-corrected chi connectivity index (χ2v) is 5.27. The summed E-state index contributed by atoms with van der Waals surface area (Å²) in [5.74, 6) is 1.71. The summed E-state index contributed by atoms with van der Waals surface area (Å²) >= 11 is 0. The van der Waals surface area contributed by atoms with Crippen LogP contribution < -0.4 is 0 Å². The lowest BCUT2D eigenvalue weighted by atomic mass is 9.93. The van der Waals surface area contributed by atoms with Crippen LogP contribution in [0.3, 0.4) is 0 Å². The number of benzene rings is 1. The normalized spacial score (nSPS) is 17.5. The molecule has 1 unspecified atom stereocenters.